The van der Waals surface area contributed by atoms with Crippen molar-refractivity contribution < 1.29 is 4.74 Å². The quantitative estimate of drug-likeness (QED) is 0.804. The predicted octanol–water partition coefficient (Wildman–Crippen LogP) is 1.44. The number of hydrogen-bond donors (Lipinski definition) is 1. The molecule has 1 fully saturated rings. The van der Waals surface area contributed by atoms with E-state index in [9.17, 15) is 0 Å². The predicted molar refractivity (Wildman–Crippen MR) is 58.1 cm³/mol. The molecule has 0 bridgehead atoms. The fraction of sp³-hybridized carbons (Fsp3) is 0.500. The molecule has 1 N–H and O–H groups in total. The van der Waals surface area contributed by atoms with E-state index in [1.165, 1.54) is 6.20 Å². The molecule has 1 saturated heterocycles. The second-order valence-corrected chi connectivity index (χ2v) is 3.79. The van der Waals surface area contributed by atoms with Gasteiger partial charge in [-0.3, -0.25) is 0 Å². The van der Waals surface area contributed by atoms with Crippen molar-refractivity contribution in [2.75, 3.05) is 31.7 Å². The van der Waals surface area contributed by atoms with Crippen LogP contribution in [-0.4, -0.2) is 41.3 Å². The number of rotatable bonds is 2. The number of nitrogens with one attached hydrogen (secondary N) is 1. The molecule has 2 rings (SSSR count). The molecule has 1 aliphatic heterocycles. The summed E-state index contributed by atoms with van der Waals surface area (Å²) in [6, 6.07) is 0. The lowest BCUT2D eigenvalue weighted by Crippen LogP contribution is -2.40. The lowest BCUT2D eigenvalue weighted by atomic mass is 10.5. The molecule has 1 aromatic rings. The number of hydrogen-bond acceptors (Lipinski definition) is 5. The molecular weight excluding hydrogens is 239 g/mol. The summed E-state index contributed by atoms with van der Waals surface area (Å²) >= 11 is 11.6. The summed E-state index contributed by atoms with van der Waals surface area (Å²) in [5.74, 6) is 0.526. The minimum Gasteiger partial charge on any atom is -0.379 e. The maximum absolute atomic E-state index is 5.91. The van der Waals surface area contributed by atoms with Crippen molar-refractivity contribution in [1.82, 2.24) is 15.0 Å². The third-order valence-corrected chi connectivity index (χ3v) is 2.45. The zero-order chi connectivity index (χ0) is 10.7. The van der Waals surface area contributed by atoms with Gasteiger partial charge in [0, 0.05) is 13.1 Å². The fourth-order valence-corrected chi connectivity index (χ4v) is 1.52. The van der Waals surface area contributed by atoms with Gasteiger partial charge in [0.25, 0.3) is 0 Å². The Balaban J connectivity index is 2.05. The van der Waals surface area contributed by atoms with Gasteiger partial charge in [0.1, 0.15) is 5.02 Å². The molecule has 5 nitrogen and oxygen atoms in total. The van der Waals surface area contributed by atoms with Gasteiger partial charge in [-0.2, -0.15) is 4.98 Å². The van der Waals surface area contributed by atoms with E-state index in [4.69, 9.17) is 27.9 Å². The summed E-state index contributed by atoms with van der Waals surface area (Å²) in [6.45, 7) is 2.97. The summed E-state index contributed by atoms with van der Waals surface area (Å²) in [5, 5.41) is 2.61. The van der Waals surface area contributed by atoms with Crippen molar-refractivity contribution in [2.24, 2.45) is 0 Å². The first kappa shape index (κ1) is 10.9. The van der Waals surface area contributed by atoms with Crippen LogP contribution in [0.5, 0.6) is 0 Å². The van der Waals surface area contributed by atoms with Crippen LogP contribution in [0, 0.1) is 0 Å². The van der Waals surface area contributed by atoms with Crippen LogP contribution in [0.3, 0.4) is 0 Å². The monoisotopic (exact) mass is 248 g/mol. The number of hydrazine groups is 1. The van der Waals surface area contributed by atoms with Crippen molar-refractivity contribution in [1.29, 1.82) is 0 Å². The van der Waals surface area contributed by atoms with Crippen LogP contribution in [-0.2, 0) is 4.74 Å². The molecule has 0 amide bonds. The Bertz CT molecular complexity index is 343. The van der Waals surface area contributed by atoms with Crippen molar-refractivity contribution >= 4 is 29.0 Å². The van der Waals surface area contributed by atoms with Crippen LogP contribution in [0.15, 0.2) is 6.20 Å². The van der Waals surface area contributed by atoms with Gasteiger partial charge < -0.3 is 10.2 Å². The minimum absolute atomic E-state index is 0.176. The van der Waals surface area contributed by atoms with Gasteiger partial charge in [0.2, 0.25) is 5.28 Å². The Morgan fingerprint density at radius 3 is 2.80 bits per heavy atom. The average molecular weight is 249 g/mol. The topological polar surface area (TPSA) is 50.3 Å². The summed E-state index contributed by atoms with van der Waals surface area (Å²) in [7, 11) is 0. The molecule has 1 aromatic heterocycles. The smallest absolute Gasteiger partial charge is 0.224 e. The van der Waals surface area contributed by atoms with Crippen LogP contribution < -0.4 is 5.43 Å². The van der Waals surface area contributed by atoms with Crippen molar-refractivity contribution in [2.45, 2.75) is 0 Å². The first-order valence-corrected chi connectivity index (χ1v) is 5.29. The normalized spacial score (nSPS) is 17.7. The van der Waals surface area contributed by atoms with E-state index in [1.807, 2.05) is 5.01 Å². The molecule has 1 aliphatic rings. The van der Waals surface area contributed by atoms with E-state index in [-0.39, 0.29) is 5.28 Å². The molecule has 2 heterocycles. The lowest BCUT2D eigenvalue weighted by Gasteiger charge is -2.27. The SMILES string of the molecule is Clc1ncc(Cl)c(NN2CCOCC2)n1. The van der Waals surface area contributed by atoms with E-state index in [2.05, 4.69) is 15.4 Å². The van der Waals surface area contributed by atoms with Gasteiger partial charge in [-0.25, -0.2) is 9.99 Å². The summed E-state index contributed by atoms with van der Waals surface area (Å²) in [6.07, 6.45) is 1.47. The summed E-state index contributed by atoms with van der Waals surface area (Å²) < 4.78 is 5.22. The van der Waals surface area contributed by atoms with Gasteiger partial charge in [-0.15, -0.1) is 0 Å². The molecule has 0 spiro atoms. The maximum Gasteiger partial charge on any atom is 0.224 e. The van der Waals surface area contributed by atoms with E-state index < -0.39 is 0 Å². The van der Waals surface area contributed by atoms with Crippen LogP contribution >= 0.6 is 23.2 Å². The Hall–Kier alpha value is -0.620. The van der Waals surface area contributed by atoms with Crippen LogP contribution in [0.4, 0.5) is 5.82 Å². The zero-order valence-electron chi connectivity index (χ0n) is 7.91. The Morgan fingerprint density at radius 1 is 1.33 bits per heavy atom. The maximum atomic E-state index is 5.91. The van der Waals surface area contributed by atoms with E-state index in [1.54, 1.807) is 0 Å². The van der Waals surface area contributed by atoms with Crippen LogP contribution in [0.2, 0.25) is 10.3 Å². The van der Waals surface area contributed by atoms with Crippen molar-refractivity contribution in [3.63, 3.8) is 0 Å². The van der Waals surface area contributed by atoms with E-state index >= 15 is 0 Å². The summed E-state index contributed by atoms with van der Waals surface area (Å²) in [4.78, 5) is 7.77. The Labute approximate surface area is 97.3 Å². The number of halogens is 2. The standard InChI is InChI=1S/C8H10Cl2N4O/c9-6-5-11-8(10)12-7(6)13-14-1-3-15-4-2-14/h5H,1-4H2,(H,11,12,13). The Kier molecular flexibility index (Phi) is 3.58. The molecule has 0 atom stereocenters. The van der Waals surface area contributed by atoms with Gasteiger partial charge in [-0.1, -0.05) is 11.6 Å². The highest BCUT2D eigenvalue weighted by atomic mass is 35.5. The first-order chi connectivity index (χ1) is 7.25. The van der Waals surface area contributed by atoms with Crippen molar-refractivity contribution in [3.8, 4) is 0 Å². The summed E-state index contributed by atoms with van der Waals surface area (Å²) in [5.41, 5.74) is 3.08. The molecule has 0 aromatic carbocycles. The van der Waals surface area contributed by atoms with Crippen LogP contribution in [0.25, 0.3) is 0 Å². The number of aromatic nitrogens is 2. The fourth-order valence-electron chi connectivity index (χ4n) is 1.25. The van der Waals surface area contributed by atoms with Crippen molar-refractivity contribution in [3.05, 3.63) is 16.5 Å². The molecular formula is C8H10Cl2N4O. The molecule has 0 aliphatic carbocycles. The highest BCUT2D eigenvalue weighted by molar-refractivity contribution is 6.33. The lowest BCUT2D eigenvalue weighted by molar-refractivity contribution is 0.0495. The second-order valence-electron chi connectivity index (χ2n) is 3.05. The number of ether oxygens (including phenoxy) is 1. The largest absolute Gasteiger partial charge is 0.379 e. The van der Waals surface area contributed by atoms with Crippen LogP contribution in [0.1, 0.15) is 0 Å². The molecule has 15 heavy (non-hydrogen) atoms. The van der Waals surface area contributed by atoms with Gasteiger partial charge in [-0.05, 0) is 11.6 Å². The van der Waals surface area contributed by atoms with E-state index in [0.717, 1.165) is 13.1 Å². The number of nitrogens with zero attached hydrogens (tertiary/aromatic N) is 3. The van der Waals surface area contributed by atoms with Gasteiger partial charge >= 0.3 is 0 Å². The highest BCUT2D eigenvalue weighted by Gasteiger charge is 2.12. The highest BCUT2D eigenvalue weighted by Crippen LogP contribution is 2.20. The second kappa shape index (κ2) is 4.94. The number of anilines is 1. The number of morpholine rings is 1. The zero-order valence-corrected chi connectivity index (χ0v) is 9.42. The minimum atomic E-state index is 0.176. The molecule has 0 unspecified atom stereocenters. The van der Waals surface area contributed by atoms with E-state index in [0.29, 0.717) is 24.1 Å². The van der Waals surface area contributed by atoms with Gasteiger partial charge in [0.15, 0.2) is 5.82 Å². The average Bonchev–Trinajstić information content (AvgIpc) is 2.25. The third-order valence-electron chi connectivity index (χ3n) is 1.99. The Morgan fingerprint density at radius 2 is 2.07 bits per heavy atom. The molecule has 0 saturated carbocycles. The first-order valence-electron chi connectivity index (χ1n) is 4.53. The molecule has 82 valence electrons. The van der Waals surface area contributed by atoms with Gasteiger partial charge in [0.05, 0.1) is 19.4 Å². The molecule has 0 radical (unpaired) electrons. The third kappa shape index (κ3) is 2.92. The molecule has 7 heteroatoms.